The normalized spacial score (nSPS) is 20.4. The number of likely N-dealkylation sites (tertiary alicyclic amines) is 1. The van der Waals surface area contributed by atoms with Crippen molar-refractivity contribution in [1.29, 1.82) is 0 Å². The van der Waals surface area contributed by atoms with Gasteiger partial charge in [0.05, 0.1) is 10.6 Å². The molecule has 0 radical (unpaired) electrons. The van der Waals surface area contributed by atoms with Gasteiger partial charge in [0.15, 0.2) is 0 Å². The Hall–Kier alpha value is -1.94. The quantitative estimate of drug-likeness (QED) is 0.663. The second-order valence-electron chi connectivity index (χ2n) is 8.52. The summed E-state index contributed by atoms with van der Waals surface area (Å²) in [7, 11) is -3.68. The molecule has 2 aliphatic heterocycles. The van der Waals surface area contributed by atoms with Crippen LogP contribution in [0.4, 0.5) is 10.1 Å². The molecule has 4 rings (SSSR count). The van der Waals surface area contributed by atoms with Crippen molar-refractivity contribution in [2.24, 2.45) is 11.8 Å². The number of nitrogens with zero attached hydrogens (tertiary/aromatic N) is 1. The summed E-state index contributed by atoms with van der Waals surface area (Å²) >= 11 is 1.55. The Morgan fingerprint density at radius 3 is 2.69 bits per heavy atom. The number of halogens is 1. The number of anilines is 1. The first kappa shape index (κ1) is 23.2. The van der Waals surface area contributed by atoms with Crippen molar-refractivity contribution in [3.05, 3.63) is 53.8 Å². The Balaban J connectivity index is 1.32. The molecule has 1 amide bonds. The van der Waals surface area contributed by atoms with Crippen molar-refractivity contribution in [2.75, 3.05) is 30.7 Å². The SMILES string of the molecule is CC1CSc2ccc(S(=O)(=O)NCC3CCN(Cc4ccccc4F)CC3)cc2NC1=O. The van der Waals surface area contributed by atoms with E-state index in [-0.39, 0.29) is 28.5 Å². The summed E-state index contributed by atoms with van der Waals surface area (Å²) in [5.74, 6) is 0.486. The molecule has 0 saturated carbocycles. The Morgan fingerprint density at radius 1 is 1.19 bits per heavy atom. The summed E-state index contributed by atoms with van der Waals surface area (Å²) in [6.07, 6.45) is 1.71. The third kappa shape index (κ3) is 5.51. The zero-order chi connectivity index (χ0) is 22.7. The molecule has 0 aliphatic carbocycles. The van der Waals surface area contributed by atoms with Gasteiger partial charge in [0, 0.05) is 35.2 Å². The third-order valence-corrected chi connectivity index (χ3v) is 8.83. The van der Waals surface area contributed by atoms with Crippen LogP contribution in [0.2, 0.25) is 0 Å². The zero-order valence-corrected chi connectivity index (χ0v) is 19.6. The van der Waals surface area contributed by atoms with Gasteiger partial charge >= 0.3 is 0 Å². The first-order chi connectivity index (χ1) is 15.3. The molecule has 0 aromatic heterocycles. The lowest BCUT2D eigenvalue weighted by atomic mass is 9.97. The second kappa shape index (κ2) is 9.91. The molecule has 6 nitrogen and oxygen atoms in total. The fourth-order valence-electron chi connectivity index (χ4n) is 3.97. The maximum Gasteiger partial charge on any atom is 0.240 e. The molecule has 2 aliphatic rings. The van der Waals surface area contributed by atoms with Gasteiger partial charge in [-0.3, -0.25) is 9.69 Å². The van der Waals surface area contributed by atoms with Crippen LogP contribution >= 0.6 is 11.8 Å². The molecule has 0 spiro atoms. The molecule has 1 unspecified atom stereocenters. The van der Waals surface area contributed by atoms with Crippen molar-refractivity contribution in [2.45, 2.75) is 36.1 Å². The molecule has 2 aromatic rings. The molecule has 2 heterocycles. The van der Waals surface area contributed by atoms with E-state index in [1.165, 1.54) is 12.1 Å². The van der Waals surface area contributed by atoms with Gasteiger partial charge in [0.25, 0.3) is 0 Å². The molecule has 172 valence electrons. The molecular weight excluding hydrogens is 449 g/mol. The second-order valence-corrected chi connectivity index (χ2v) is 11.4. The molecule has 1 atom stereocenters. The highest BCUT2D eigenvalue weighted by molar-refractivity contribution is 7.99. The monoisotopic (exact) mass is 477 g/mol. The topological polar surface area (TPSA) is 78.5 Å². The number of sulfonamides is 1. The number of piperidine rings is 1. The van der Waals surface area contributed by atoms with Crippen LogP contribution in [-0.2, 0) is 21.4 Å². The van der Waals surface area contributed by atoms with Crippen molar-refractivity contribution in [3.8, 4) is 0 Å². The van der Waals surface area contributed by atoms with E-state index in [0.717, 1.165) is 30.8 Å². The highest BCUT2D eigenvalue weighted by atomic mass is 32.2. The van der Waals surface area contributed by atoms with E-state index in [9.17, 15) is 17.6 Å². The summed E-state index contributed by atoms with van der Waals surface area (Å²) in [4.78, 5) is 15.4. The summed E-state index contributed by atoms with van der Waals surface area (Å²) in [6.45, 7) is 4.41. The van der Waals surface area contributed by atoms with Crippen LogP contribution in [0.25, 0.3) is 0 Å². The third-order valence-electron chi connectivity index (χ3n) is 6.08. The number of carbonyl (C=O) groups excluding carboxylic acids is 1. The van der Waals surface area contributed by atoms with Crippen LogP contribution in [0.5, 0.6) is 0 Å². The first-order valence-electron chi connectivity index (χ1n) is 10.8. The Bertz CT molecular complexity index is 1090. The van der Waals surface area contributed by atoms with Gasteiger partial charge in [-0.05, 0) is 56.1 Å². The summed E-state index contributed by atoms with van der Waals surface area (Å²) in [6, 6.07) is 11.7. The van der Waals surface area contributed by atoms with E-state index < -0.39 is 10.0 Å². The van der Waals surface area contributed by atoms with Gasteiger partial charge in [-0.2, -0.15) is 0 Å². The minimum absolute atomic E-state index is 0.0964. The first-order valence-corrected chi connectivity index (χ1v) is 13.3. The van der Waals surface area contributed by atoms with Crippen molar-refractivity contribution in [1.82, 2.24) is 9.62 Å². The fourth-order valence-corrected chi connectivity index (χ4v) is 6.13. The van der Waals surface area contributed by atoms with E-state index in [1.54, 1.807) is 36.0 Å². The van der Waals surface area contributed by atoms with E-state index in [2.05, 4.69) is 14.9 Å². The molecule has 2 aromatic carbocycles. The van der Waals surface area contributed by atoms with E-state index in [0.29, 0.717) is 30.1 Å². The van der Waals surface area contributed by atoms with Gasteiger partial charge in [-0.15, -0.1) is 11.8 Å². The predicted molar refractivity (Wildman–Crippen MR) is 125 cm³/mol. The number of amides is 1. The largest absolute Gasteiger partial charge is 0.325 e. The van der Waals surface area contributed by atoms with Crippen molar-refractivity contribution in [3.63, 3.8) is 0 Å². The Labute approximate surface area is 193 Å². The standard InChI is InChI=1S/C23H28FN3O3S2/c1-16-15-31-22-7-6-19(12-21(22)26-23(16)28)32(29,30)25-13-17-8-10-27(11-9-17)14-18-4-2-3-5-20(18)24/h2-7,12,16-17,25H,8-11,13-15H2,1H3,(H,26,28). The van der Waals surface area contributed by atoms with Gasteiger partial charge in [-0.25, -0.2) is 17.5 Å². The number of nitrogens with one attached hydrogen (secondary N) is 2. The zero-order valence-electron chi connectivity index (χ0n) is 18.0. The van der Waals surface area contributed by atoms with Crippen LogP contribution in [0.1, 0.15) is 25.3 Å². The van der Waals surface area contributed by atoms with Crippen LogP contribution in [0.15, 0.2) is 52.3 Å². The number of thioether (sulfide) groups is 1. The minimum atomic E-state index is -3.68. The number of benzene rings is 2. The maximum absolute atomic E-state index is 13.9. The highest BCUT2D eigenvalue weighted by Gasteiger charge is 2.25. The average molecular weight is 478 g/mol. The minimum Gasteiger partial charge on any atom is -0.325 e. The number of hydrogen-bond donors (Lipinski definition) is 2. The number of rotatable bonds is 6. The Kier molecular flexibility index (Phi) is 7.19. The van der Waals surface area contributed by atoms with Gasteiger partial charge < -0.3 is 5.32 Å². The van der Waals surface area contributed by atoms with Gasteiger partial charge in [-0.1, -0.05) is 25.1 Å². The van der Waals surface area contributed by atoms with E-state index in [1.807, 2.05) is 13.0 Å². The van der Waals surface area contributed by atoms with Crippen LogP contribution in [0, 0.1) is 17.7 Å². The fraction of sp³-hybridized carbons (Fsp3) is 0.435. The molecular formula is C23H28FN3O3S2. The molecule has 1 saturated heterocycles. The number of fused-ring (bicyclic) bond motifs is 1. The Morgan fingerprint density at radius 2 is 1.94 bits per heavy atom. The lowest BCUT2D eigenvalue weighted by molar-refractivity contribution is -0.118. The smallest absolute Gasteiger partial charge is 0.240 e. The summed E-state index contributed by atoms with van der Waals surface area (Å²) in [5.41, 5.74) is 1.24. The predicted octanol–water partition coefficient (Wildman–Crippen LogP) is 3.70. The molecule has 0 bridgehead atoms. The maximum atomic E-state index is 13.9. The van der Waals surface area contributed by atoms with E-state index in [4.69, 9.17) is 0 Å². The van der Waals surface area contributed by atoms with Crippen molar-refractivity contribution >= 4 is 33.4 Å². The molecule has 9 heteroatoms. The molecule has 2 N–H and O–H groups in total. The lowest BCUT2D eigenvalue weighted by Gasteiger charge is -2.32. The van der Waals surface area contributed by atoms with Gasteiger partial charge in [0.1, 0.15) is 5.82 Å². The molecule has 1 fully saturated rings. The van der Waals surface area contributed by atoms with Crippen LogP contribution in [-0.4, -0.2) is 44.6 Å². The highest BCUT2D eigenvalue weighted by Crippen LogP contribution is 2.34. The van der Waals surface area contributed by atoms with Crippen LogP contribution < -0.4 is 10.0 Å². The number of hydrogen-bond acceptors (Lipinski definition) is 5. The molecule has 32 heavy (non-hydrogen) atoms. The van der Waals surface area contributed by atoms with Gasteiger partial charge in [0.2, 0.25) is 15.9 Å². The average Bonchev–Trinajstić information content (AvgIpc) is 2.92. The van der Waals surface area contributed by atoms with E-state index >= 15 is 0 Å². The van der Waals surface area contributed by atoms with Crippen LogP contribution in [0.3, 0.4) is 0 Å². The summed E-state index contributed by atoms with van der Waals surface area (Å²) < 4.78 is 42.3. The van der Waals surface area contributed by atoms with Crippen molar-refractivity contribution < 1.29 is 17.6 Å². The number of carbonyl (C=O) groups is 1. The lowest BCUT2D eigenvalue weighted by Crippen LogP contribution is -2.38. The summed E-state index contributed by atoms with van der Waals surface area (Å²) in [5, 5.41) is 2.83.